The molecule has 1 aromatic rings. The summed E-state index contributed by atoms with van der Waals surface area (Å²) in [4.78, 5) is 13.6. The molecule has 98 valence electrons. The molecule has 1 N–H and O–H groups in total. The molecule has 1 saturated heterocycles. The Hall–Kier alpha value is -1.65. The molecule has 0 spiro atoms. The summed E-state index contributed by atoms with van der Waals surface area (Å²) in [6.45, 7) is 1.44. The lowest BCUT2D eigenvalue weighted by atomic mass is 10.2. The summed E-state index contributed by atoms with van der Waals surface area (Å²) in [6, 6.07) is 3.11. The number of hydrogen-bond acceptors (Lipinski definition) is 1. The zero-order valence-electron chi connectivity index (χ0n) is 10.1. The van der Waals surface area contributed by atoms with Crippen molar-refractivity contribution < 1.29 is 13.6 Å². The SMILES string of the molecule is O=C(Nc1ccc(F)c(F)c1)N1CCCCCC1. The van der Waals surface area contributed by atoms with Gasteiger partial charge in [-0.15, -0.1) is 0 Å². The van der Waals surface area contributed by atoms with Gasteiger partial charge in [0, 0.05) is 24.8 Å². The van der Waals surface area contributed by atoms with Crippen molar-refractivity contribution in [1.82, 2.24) is 4.90 Å². The van der Waals surface area contributed by atoms with E-state index in [1.807, 2.05) is 0 Å². The van der Waals surface area contributed by atoms with Crippen molar-refractivity contribution in [2.75, 3.05) is 18.4 Å². The largest absolute Gasteiger partial charge is 0.325 e. The van der Waals surface area contributed by atoms with Crippen molar-refractivity contribution in [2.24, 2.45) is 0 Å². The van der Waals surface area contributed by atoms with Gasteiger partial charge in [0.2, 0.25) is 0 Å². The normalized spacial score (nSPS) is 16.2. The number of anilines is 1. The molecule has 0 unspecified atom stereocenters. The molecular weight excluding hydrogens is 238 g/mol. The van der Waals surface area contributed by atoms with E-state index in [1.54, 1.807) is 4.90 Å². The maximum Gasteiger partial charge on any atom is 0.321 e. The van der Waals surface area contributed by atoms with Gasteiger partial charge in [0.25, 0.3) is 0 Å². The number of carbonyl (C=O) groups excluding carboxylic acids is 1. The Bertz CT molecular complexity index is 429. The maximum atomic E-state index is 13.0. The highest BCUT2D eigenvalue weighted by Crippen LogP contribution is 2.15. The van der Waals surface area contributed by atoms with Gasteiger partial charge in [-0.1, -0.05) is 12.8 Å². The first-order valence-electron chi connectivity index (χ1n) is 6.18. The van der Waals surface area contributed by atoms with Crippen LogP contribution >= 0.6 is 0 Å². The quantitative estimate of drug-likeness (QED) is 0.818. The molecule has 0 aromatic heterocycles. The Morgan fingerprint density at radius 1 is 1.06 bits per heavy atom. The Labute approximate surface area is 105 Å². The number of nitrogens with one attached hydrogen (secondary N) is 1. The van der Waals surface area contributed by atoms with Gasteiger partial charge in [-0.25, -0.2) is 13.6 Å². The van der Waals surface area contributed by atoms with Crippen LogP contribution in [0.2, 0.25) is 0 Å². The van der Waals surface area contributed by atoms with Gasteiger partial charge < -0.3 is 10.2 Å². The molecule has 1 aliphatic rings. The van der Waals surface area contributed by atoms with Crippen molar-refractivity contribution in [3.63, 3.8) is 0 Å². The predicted molar refractivity (Wildman–Crippen MR) is 65.4 cm³/mol. The van der Waals surface area contributed by atoms with E-state index in [9.17, 15) is 13.6 Å². The number of likely N-dealkylation sites (tertiary alicyclic amines) is 1. The van der Waals surface area contributed by atoms with Crippen LogP contribution in [0.1, 0.15) is 25.7 Å². The molecular formula is C13H16F2N2O. The highest BCUT2D eigenvalue weighted by atomic mass is 19.2. The number of nitrogens with zero attached hydrogens (tertiary/aromatic N) is 1. The minimum Gasteiger partial charge on any atom is -0.325 e. The monoisotopic (exact) mass is 254 g/mol. The molecule has 5 heteroatoms. The lowest BCUT2D eigenvalue weighted by molar-refractivity contribution is 0.214. The molecule has 0 atom stereocenters. The molecule has 2 rings (SSSR count). The molecule has 0 saturated carbocycles. The zero-order chi connectivity index (χ0) is 13.0. The van der Waals surface area contributed by atoms with E-state index in [0.29, 0.717) is 0 Å². The van der Waals surface area contributed by atoms with Crippen molar-refractivity contribution >= 4 is 11.7 Å². The summed E-state index contributed by atoms with van der Waals surface area (Å²) in [7, 11) is 0. The van der Waals surface area contributed by atoms with Gasteiger partial charge in [-0.05, 0) is 25.0 Å². The number of hydrogen-bond donors (Lipinski definition) is 1. The first-order chi connectivity index (χ1) is 8.66. The molecule has 0 radical (unpaired) electrons. The third-order valence-electron chi connectivity index (χ3n) is 3.06. The fourth-order valence-electron chi connectivity index (χ4n) is 2.05. The number of amides is 2. The van der Waals surface area contributed by atoms with Crippen LogP contribution < -0.4 is 5.32 Å². The molecule has 1 aliphatic heterocycles. The first-order valence-corrected chi connectivity index (χ1v) is 6.18. The Morgan fingerprint density at radius 2 is 1.72 bits per heavy atom. The first kappa shape index (κ1) is 12.8. The van der Waals surface area contributed by atoms with E-state index in [4.69, 9.17) is 0 Å². The second kappa shape index (κ2) is 5.80. The Kier molecular flexibility index (Phi) is 4.12. The number of benzene rings is 1. The number of halogens is 2. The van der Waals surface area contributed by atoms with Gasteiger partial charge in [0.15, 0.2) is 11.6 Å². The lowest BCUT2D eigenvalue weighted by Crippen LogP contribution is -2.35. The van der Waals surface area contributed by atoms with Crippen LogP contribution in [0.15, 0.2) is 18.2 Å². The predicted octanol–water partition coefficient (Wildman–Crippen LogP) is 3.37. The van der Waals surface area contributed by atoms with Crippen molar-refractivity contribution in [3.8, 4) is 0 Å². The average molecular weight is 254 g/mol. The molecule has 3 nitrogen and oxygen atoms in total. The Balaban J connectivity index is 1.99. The number of urea groups is 1. The fraction of sp³-hybridized carbons (Fsp3) is 0.462. The summed E-state index contributed by atoms with van der Waals surface area (Å²) >= 11 is 0. The van der Waals surface area contributed by atoms with Crippen LogP contribution in [-0.2, 0) is 0 Å². The van der Waals surface area contributed by atoms with Crippen molar-refractivity contribution in [1.29, 1.82) is 0 Å². The lowest BCUT2D eigenvalue weighted by Gasteiger charge is -2.20. The van der Waals surface area contributed by atoms with Gasteiger partial charge in [0.1, 0.15) is 0 Å². The smallest absolute Gasteiger partial charge is 0.321 e. The van der Waals surface area contributed by atoms with Crippen molar-refractivity contribution in [2.45, 2.75) is 25.7 Å². The zero-order valence-corrected chi connectivity index (χ0v) is 10.1. The maximum absolute atomic E-state index is 13.0. The van der Waals surface area contributed by atoms with Crippen LogP contribution in [0.25, 0.3) is 0 Å². The molecule has 0 bridgehead atoms. The average Bonchev–Trinajstić information content (AvgIpc) is 2.62. The van der Waals surface area contributed by atoms with Crippen LogP contribution in [0.4, 0.5) is 19.3 Å². The minimum absolute atomic E-state index is 0.247. The molecule has 0 aliphatic carbocycles. The van der Waals surface area contributed by atoms with E-state index in [1.165, 1.54) is 6.07 Å². The van der Waals surface area contributed by atoms with Gasteiger partial charge in [-0.2, -0.15) is 0 Å². The number of rotatable bonds is 1. The van der Waals surface area contributed by atoms with Crippen LogP contribution in [-0.4, -0.2) is 24.0 Å². The van der Waals surface area contributed by atoms with Gasteiger partial charge >= 0.3 is 6.03 Å². The minimum atomic E-state index is -0.955. The third-order valence-corrected chi connectivity index (χ3v) is 3.06. The third kappa shape index (κ3) is 3.18. The van der Waals surface area contributed by atoms with Crippen molar-refractivity contribution in [3.05, 3.63) is 29.8 Å². The van der Waals surface area contributed by atoms with Gasteiger partial charge in [0.05, 0.1) is 0 Å². The van der Waals surface area contributed by atoms with E-state index < -0.39 is 11.6 Å². The summed E-state index contributed by atoms with van der Waals surface area (Å²) in [5, 5.41) is 2.59. The van der Waals surface area contributed by atoms with Gasteiger partial charge in [-0.3, -0.25) is 0 Å². The molecule has 1 fully saturated rings. The second-order valence-electron chi connectivity index (χ2n) is 4.46. The summed E-state index contributed by atoms with van der Waals surface area (Å²) in [5.41, 5.74) is 0.281. The van der Waals surface area contributed by atoms with E-state index >= 15 is 0 Å². The van der Waals surface area contributed by atoms with E-state index in [2.05, 4.69) is 5.32 Å². The van der Waals surface area contributed by atoms with Crippen LogP contribution in [0.5, 0.6) is 0 Å². The van der Waals surface area contributed by atoms with E-state index in [0.717, 1.165) is 50.9 Å². The highest BCUT2D eigenvalue weighted by Gasteiger charge is 2.15. The summed E-state index contributed by atoms with van der Waals surface area (Å²) < 4.78 is 25.7. The second-order valence-corrected chi connectivity index (χ2v) is 4.46. The Morgan fingerprint density at radius 3 is 2.33 bits per heavy atom. The number of carbonyl (C=O) groups is 1. The molecule has 18 heavy (non-hydrogen) atoms. The topological polar surface area (TPSA) is 32.3 Å². The van der Waals surface area contributed by atoms with Crippen LogP contribution in [0.3, 0.4) is 0 Å². The summed E-state index contributed by atoms with van der Waals surface area (Å²) in [6.07, 6.45) is 4.25. The standard InChI is InChI=1S/C13H16F2N2O/c14-11-6-5-10(9-12(11)15)16-13(18)17-7-3-1-2-4-8-17/h5-6,9H,1-4,7-8H2,(H,16,18). The fourth-order valence-corrected chi connectivity index (χ4v) is 2.05. The molecule has 1 heterocycles. The van der Waals surface area contributed by atoms with E-state index in [-0.39, 0.29) is 11.7 Å². The highest BCUT2D eigenvalue weighted by molar-refractivity contribution is 5.89. The van der Waals surface area contributed by atoms with Crippen LogP contribution in [0, 0.1) is 11.6 Å². The summed E-state index contributed by atoms with van der Waals surface area (Å²) in [5.74, 6) is -1.87. The molecule has 1 aromatic carbocycles. The molecule has 2 amide bonds.